The van der Waals surface area contributed by atoms with Gasteiger partial charge in [-0.1, -0.05) is 0 Å². The summed E-state index contributed by atoms with van der Waals surface area (Å²) >= 11 is 0. The Bertz CT molecular complexity index is 1900. The van der Waals surface area contributed by atoms with E-state index in [1.165, 1.54) is 61.3 Å². The van der Waals surface area contributed by atoms with Crippen LogP contribution in [0, 0.1) is 10.1 Å². The van der Waals surface area contributed by atoms with Gasteiger partial charge in [-0.15, -0.1) is 10.2 Å². The van der Waals surface area contributed by atoms with E-state index in [1.54, 1.807) is 20.8 Å². The minimum Gasteiger partial charge on any atom is -0.444 e. The summed E-state index contributed by atoms with van der Waals surface area (Å²) in [5.74, 6) is 0.108. The number of amides is 5. The number of carbonyl (C=O) groups excluding carboxylic acids is 6. The van der Waals surface area contributed by atoms with E-state index < -0.39 is 16.6 Å². The van der Waals surface area contributed by atoms with Crippen molar-refractivity contribution in [3.05, 3.63) is 58.9 Å². The zero-order chi connectivity index (χ0) is 43.2. The average Bonchev–Trinajstić information content (AvgIpc) is 3.80. The molecule has 22 nitrogen and oxygen atoms in total. The fourth-order valence-electron chi connectivity index (χ4n) is 4.86. The monoisotopic (exact) mass is 813 g/mol. The van der Waals surface area contributed by atoms with Crippen LogP contribution >= 0.6 is 0 Å². The summed E-state index contributed by atoms with van der Waals surface area (Å²) in [5.41, 5.74) is -1.04. The highest BCUT2D eigenvalue weighted by Gasteiger charge is 2.29. The Hall–Kier alpha value is -6.58. The molecule has 3 aromatic rings. The third kappa shape index (κ3) is 15.9. The number of piperazine rings is 2. The van der Waals surface area contributed by atoms with E-state index in [-0.39, 0.29) is 52.9 Å². The third-order valence-electron chi connectivity index (χ3n) is 7.39. The average molecular weight is 814 g/mol. The van der Waals surface area contributed by atoms with Gasteiger partial charge in [0.25, 0.3) is 5.69 Å². The van der Waals surface area contributed by atoms with Gasteiger partial charge in [0.1, 0.15) is 17.0 Å². The molecule has 0 unspecified atom stereocenters. The predicted octanol–water partition coefficient (Wildman–Crippen LogP) is 3.99. The Kier molecular flexibility index (Phi) is 16.2. The van der Waals surface area contributed by atoms with Crippen LogP contribution in [0.25, 0.3) is 0 Å². The molecule has 2 aliphatic rings. The maximum absolute atomic E-state index is 12.4. The number of aromatic nitrogens is 4. The van der Waals surface area contributed by atoms with E-state index in [9.17, 15) is 38.9 Å². The molecule has 2 fully saturated rings. The molecule has 5 rings (SSSR count). The van der Waals surface area contributed by atoms with E-state index in [0.717, 1.165) is 30.9 Å². The van der Waals surface area contributed by atoms with E-state index in [1.807, 2.05) is 41.5 Å². The van der Waals surface area contributed by atoms with Gasteiger partial charge in [-0.05, 0) is 53.7 Å². The minimum atomic E-state index is -0.805. The number of nitrogens with zero attached hydrogens (tertiary/aromatic N) is 8. The van der Waals surface area contributed by atoms with E-state index in [2.05, 4.69) is 26.1 Å². The van der Waals surface area contributed by atoms with Crippen LogP contribution in [0.1, 0.15) is 55.4 Å². The summed E-state index contributed by atoms with van der Waals surface area (Å²) < 4.78 is 17.6. The summed E-state index contributed by atoms with van der Waals surface area (Å²) in [4.78, 5) is 84.3. The molecule has 0 bridgehead atoms. The normalized spacial score (nSPS) is 14.0. The second-order valence-electron chi connectivity index (χ2n) is 14.7. The lowest BCUT2D eigenvalue weighted by molar-refractivity contribution is -0.384. The molecule has 0 saturated carbocycles. The molecular weight excluding hydrogens is 762 g/mol. The highest BCUT2D eigenvalue weighted by atomic mass is 16.6. The Labute approximate surface area is 334 Å². The topological polar surface area (TPSA) is 255 Å². The molecule has 2 aliphatic heterocycles. The molecular formula is C36H51N11O11. The first-order valence-corrected chi connectivity index (χ1v) is 18.2. The maximum atomic E-state index is 12.4. The Morgan fingerprint density at radius 3 is 1.53 bits per heavy atom. The molecule has 22 heteroatoms. The molecule has 1 aromatic carbocycles. The first kappa shape index (κ1) is 45.8. The standard InChI is InChI=1S/C15H23N5O4.C12H10N4O5.C9H18N2O2/c1-11(21)16-12-5-6-20(17-12)13(22)18-7-9-19(10-8-18)14(23)24-15(2,3)4;1-8(17)13-11-6-7-15(14-11)12(18)21-10-4-2-9(3-5-10)16(19)20;1-9(2,3)13-8(12)11-6-4-10-5-7-11/h5-6H,7-10H2,1-4H3,(H,16,17,21);2-7H,1H3,(H,13,14,17);10H,4-7H2,1-3H3. The highest BCUT2D eigenvalue weighted by molar-refractivity contribution is 5.88. The molecule has 316 valence electrons. The number of non-ortho nitro benzene ring substituents is 1. The first-order chi connectivity index (χ1) is 27.1. The Morgan fingerprint density at radius 1 is 0.655 bits per heavy atom. The largest absolute Gasteiger partial charge is 0.444 e. The molecule has 0 aliphatic carbocycles. The molecule has 0 spiro atoms. The van der Waals surface area contributed by atoms with E-state index >= 15 is 0 Å². The second kappa shape index (κ2) is 20.5. The highest BCUT2D eigenvalue weighted by Crippen LogP contribution is 2.18. The quantitative estimate of drug-likeness (QED) is 0.249. The molecule has 2 aromatic heterocycles. The van der Waals surface area contributed by atoms with Crippen molar-refractivity contribution in [3.8, 4) is 5.75 Å². The number of carbonyl (C=O) groups is 6. The van der Waals surface area contributed by atoms with Crippen LogP contribution in [0.5, 0.6) is 5.75 Å². The van der Waals surface area contributed by atoms with Crippen LogP contribution in [-0.2, 0) is 19.1 Å². The minimum absolute atomic E-state index is 0.109. The molecule has 2 saturated heterocycles. The van der Waals surface area contributed by atoms with Crippen molar-refractivity contribution < 1.29 is 47.9 Å². The smallest absolute Gasteiger partial charge is 0.440 e. The van der Waals surface area contributed by atoms with Gasteiger partial charge in [-0.2, -0.15) is 9.36 Å². The number of nitro groups is 1. The molecule has 58 heavy (non-hydrogen) atoms. The first-order valence-electron chi connectivity index (χ1n) is 18.2. The van der Waals surface area contributed by atoms with Gasteiger partial charge in [0.15, 0.2) is 11.6 Å². The number of rotatable bonds is 4. The van der Waals surface area contributed by atoms with Gasteiger partial charge in [0.05, 0.1) is 4.92 Å². The van der Waals surface area contributed by atoms with Crippen LogP contribution < -0.4 is 20.7 Å². The molecule has 0 atom stereocenters. The van der Waals surface area contributed by atoms with Crippen molar-refractivity contribution >= 4 is 53.4 Å². The molecule has 3 N–H and O–H groups in total. The lowest BCUT2D eigenvalue weighted by atomic mass is 10.2. The van der Waals surface area contributed by atoms with Crippen LogP contribution in [0.15, 0.2) is 48.8 Å². The number of benzene rings is 1. The van der Waals surface area contributed by atoms with Crippen molar-refractivity contribution in [1.29, 1.82) is 0 Å². The Balaban J connectivity index is 0.000000243. The van der Waals surface area contributed by atoms with E-state index in [4.69, 9.17) is 14.2 Å². The number of nitro benzene ring substituents is 1. The second-order valence-corrected chi connectivity index (χ2v) is 14.7. The summed E-state index contributed by atoms with van der Waals surface area (Å²) in [7, 11) is 0. The van der Waals surface area contributed by atoms with Gasteiger partial charge in [-0.3, -0.25) is 19.7 Å². The van der Waals surface area contributed by atoms with Gasteiger partial charge in [0.2, 0.25) is 11.8 Å². The van der Waals surface area contributed by atoms with E-state index in [0.29, 0.717) is 32.0 Å². The SMILES string of the molecule is CC(=O)Nc1ccn(C(=O)N2CCN(C(=O)OC(C)(C)C)CC2)n1.CC(=O)Nc1ccn(C(=O)Oc2ccc([N+](=O)[O-])cc2)n1.CC(C)(C)OC(=O)N1CCNCC1. The summed E-state index contributed by atoms with van der Waals surface area (Å²) in [5, 5.41) is 26.4. The van der Waals surface area contributed by atoms with Crippen LogP contribution in [0.3, 0.4) is 0 Å². The van der Waals surface area contributed by atoms with Crippen molar-refractivity contribution in [2.45, 2.75) is 66.6 Å². The van der Waals surface area contributed by atoms with Crippen molar-refractivity contribution in [2.24, 2.45) is 0 Å². The van der Waals surface area contributed by atoms with Gasteiger partial charge < -0.3 is 44.9 Å². The number of ether oxygens (including phenoxy) is 3. The van der Waals surface area contributed by atoms with Gasteiger partial charge in [0, 0.05) is 103 Å². The lowest BCUT2D eigenvalue weighted by Crippen LogP contribution is -2.52. The molecule has 5 amide bonds. The van der Waals surface area contributed by atoms with Gasteiger partial charge in [-0.25, -0.2) is 19.2 Å². The van der Waals surface area contributed by atoms with Crippen molar-refractivity contribution in [1.82, 2.24) is 39.6 Å². The Morgan fingerprint density at radius 2 is 1.09 bits per heavy atom. The summed E-state index contributed by atoms with van der Waals surface area (Å²) in [6.07, 6.45) is 1.43. The zero-order valence-electron chi connectivity index (χ0n) is 33.8. The summed E-state index contributed by atoms with van der Waals surface area (Å²) in [6.45, 7) is 18.6. The fourth-order valence-corrected chi connectivity index (χ4v) is 4.86. The summed E-state index contributed by atoms with van der Waals surface area (Å²) in [6, 6.07) is 7.72. The fraction of sp³-hybridized carbons (Fsp3) is 0.500. The van der Waals surface area contributed by atoms with Crippen LogP contribution in [0.4, 0.5) is 36.5 Å². The molecule has 0 radical (unpaired) electrons. The number of hydrogen-bond donors (Lipinski definition) is 3. The van der Waals surface area contributed by atoms with Crippen LogP contribution in [0.2, 0.25) is 0 Å². The lowest BCUT2D eigenvalue weighted by Gasteiger charge is -2.35. The number of nitrogens with one attached hydrogen (secondary N) is 3. The zero-order valence-corrected chi connectivity index (χ0v) is 33.8. The molecule has 4 heterocycles. The maximum Gasteiger partial charge on any atom is 0.440 e. The third-order valence-corrected chi connectivity index (χ3v) is 7.39. The van der Waals surface area contributed by atoms with Gasteiger partial charge >= 0.3 is 24.3 Å². The van der Waals surface area contributed by atoms with Crippen molar-refractivity contribution in [2.75, 3.05) is 63.0 Å². The predicted molar refractivity (Wildman–Crippen MR) is 208 cm³/mol. The van der Waals surface area contributed by atoms with Crippen LogP contribution in [-0.4, -0.2) is 139 Å². The number of hydrogen-bond acceptors (Lipinski definition) is 14. The number of anilines is 2. The van der Waals surface area contributed by atoms with Crippen molar-refractivity contribution in [3.63, 3.8) is 0 Å².